The highest BCUT2D eigenvalue weighted by Crippen LogP contribution is 2.28. The molecule has 1 saturated heterocycles. The smallest absolute Gasteiger partial charge is 0.241 e. The van der Waals surface area contributed by atoms with Gasteiger partial charge >= 0.3 is 0 Å². The number of rotatable bonds is 5. The summed E-state index contributed by atoms with van der Waals surface area (Å²) in [7, 11) is 1.71. The second-order valence-corrected chi connectivity index (χ2v) is 6.89. The van der Waals surface area contributed by atoms with Crippen molar-refractivity contribution >= 4 is 17.3 Å². The van der Waals surface area contributed by atoms with E-state index in [9.17, 15) is 0 Å². The molecule has 0 atom stereocenters. The fourth-order valence-electron chi connectivity index (χ4n) is 3.26. The lowest BCUT2D eigenvalue weighted by Gasteiger charge is -2.35. The number of benzene rings is 2. The van der Waals surface area contributed by atoms with Crippen molar-refractivity contribution in [2.75, 3.05) is 38.2 Å². The van der Waals surface area contributed by atoms with Crippen LogP contribution in [0.2, 0.25) is 5.02 Å². The maximum Gasteiger partial charge on any atom is 0.241 e. The van der Waals surface area contributed by atoms with Crippen molar-refractivity contribution < 1.29 is 9.26 Å². The van der Waals surface area contributed by atoms with Gasteiger partial charge in [-0.1, -0.05) is 28.9 Å². The number of hydrogen-bond acceptors (Lipinski definition) is 6. The van der Waals surface area contributed by atoms with E-state index in [-0.39, 0.29) is 0 Å². The topological polar surface area (TPSA) is 54.6 Å². The molecule has 7 heteroatoms. The molecule has 0 aliphatic carbocycles. The molecule has 0 radical (unpaired) electrons. The first-order valence-electron chi connectivity index (χ1n) is 8.92. The largest absolute Gasteiger partial charge is 0.495 e. The SMILES string of the molecule is COc1ccccc1N1CCN(Cc2nc(-c3ccc(Cl)cc3)no2)CC1. The molecule has 3 aromatic rings. The Bertz CT molecular complexity index is 889. The molecule has 0 spiro atoms. The number of hydrogen-bond donors (Lipinski definition) is 0. The minimum atomic E-state index is 0.592. The third-order valence-corrected chi connectivity index (χ3v) is 4.98. The highest BCUT2D eigenvalue weighted by atomic mass is 35.5. The average Bonchev–Trinajstić information content (AvgIpc) is 3.17. The zero-order chi connectivity index (χ0) is 18.6. The van der Waals surface area contributed by atoms with E-state index in [1.165, 1.54) is 0 Å². The first-order chi connectivity index (χ1) is 13.2. The standard InChI is InChI=1S/C20H21ClN4O2/c1-26-18-5-3-2-4-17(18)25-12-10-24(11-13-25)14-19-22-20(23-27-19)15-6-8-16(21)9-7-15/h2-9H,10-14H2,1H3. The minimum Gasteiger partial charge on any atom is -0.495 e. The Morgan fingerprint density at radius 3 is 2.52 bits per heavy atom. The van der Waals surface area contributed by atoms with Crippen LogP contribution in [0.3, 0.4) is 0 Å². The number of para-hydroxylation sites is 2. The van der Waals surface area contributed by atoms with Gasteiger partial charge in [0.2, 0.25) is 11.7 Å². The second kappa shape index (κ2) is 7.98. The molecule has 2 heterocycles. The van der Waals surface area contributed by atoms with E-state index in [0.717, 1.165) is 43.2 Å². The van der Waals surface area contributed by atoms with Crippen molar-refractivity contribution in [1.29, 1.82) is 0 Å². The van der Waals surface area contributed by atoms with E-state index >= 15 is 0 Å². The number of piperazine rings is 1. The van der Waals surface area contributed by atoms with Crippen molar-refractivity contribution in [1.82, 2.24) is 15.0 Å². The Labute approximate surface area is 163 Å². The highest BCUT2D eigenvalue weighted by molar-refractivity contribution is 6.30. The van der Waals surface area contributed by atoms with E-state index in [0.29, 0.717) is 23.3 Å². The Morgan fingerprint density at radius 1 is 1.04 bits per heavy atom. The molecule has 0 bridgehead atoms. The van der Waals surface area contributed by atoms with Gasteiger partial charge in [0.25, 0.3) is 0 Å². The van der Waals surface area contributed by atoms with Crippen LogP contribution in [0.4, 0.5) is 5.69 Å². The quantitative estimate of drug-likeness (QED) is 0.668. The Balaban J connectivity index is 1.36. The molecule has 140 valence electrons. The van der Waals surface area contributed by atoms with Crippen molar-refractivity contribution in [2.45, 2.75) is 6.54 Å². The van der Waals surface area contributed by atoms with E-state index in [2.05, 4.69) is 26.0 Å². The third kappa shape index (κ3) is 4.07. The van der Waals surface area contributed by atoms with Crippen LogP contribution >= 0.6 is 11.6 Å². The van der Waals surface area contributed by atoms with Crippen LogP contribution in [0.15, 0.2) is 53.1 Å². The van der Waals surface area contributed by atoms with Gasteiger partial charge in [-0.25, -0.2) is 0 Å². The summed E-state index contributed by atoms with van der Waals surface area (Å²) in [5.74, 6) is 2.13. The Morgan fingerprint density at radius 2 is 1.78 bits per heavy atom. The van der Waals surface area contributed by atoms with Crippen molar-refractivity contribution in [2.24, 2.45) is 0 Å². The van der Waals surface area contributed by atoms with Gasteiger partial charge in [0.05, 0.1) is 19.3 Å². The van der Waals surface area contributed by atoms with Gasteiger partial charge in [0.1, 0.15) is 5.75 Å². The summed E-state index contributed by atoms with van der Waals surface area (Å²) in [6.07, 6.45) is 0. The molecule has 0 unspecified atom stereocenters. The number of ether oxygens (including phenoxy) is 1. The first kappa shape index (κ1) is 17.8. The van der Waals surface area contributed by atoms with Crippen LogP contribution in [0.1, 0.15) is 5.89 Å². The first-order valence-corrected chi connectivity index (χ1v) is 9.29. The van der Waals surface area contributed by atoms with Crippen LogP contribution in [-0.2, 0) is 6.54 Å². The van der Waals surface area contributed by atoms with Crippen LogP contribution in [0, 0.1) is 0 Å². The van der Waals surface area contributed by atoms with Gasteiger partial charge < -0.3 is 14.2 Å². The lowest BCUT2D eigenvalue weighted by molar-refractivity contribution is 0.215. The van der Waals surface area contributed by atoms with Crippen LogP contribution in [0.5, 0.6) is 5.75 Å². The summed E-state index contributed by atoms with van der Waals surface area (Å²) in [6.45, 7) is 4.37. The summed E-state index contributed by atoms with van der Waals surface area (Å²) >= 11 is 5.93. The molecule has 1 aromatic heterocycles. The molecule has 6 nitrogen and oxygen atoms in total. The van der Waals surface area contributed by atoms with Gasteiger partial charge in [0.15, 0.2) is 0 Å². The molecule has 27 heavy (non-hydrogen) atoms. The van der Waals surface area contributed by atoms with Crippen molar-refractivity contribution in [3.8, 4) is 17.1 Å². The van der Waals surface area contributed by atoms with Crippen molar-refractivity contribution in [3.05, 3.63) is 59.4 Å². The molecule has 2 aromatic carbocycles. The molecule has 0 saturated carbocycles. The average molecular weight is 385 g/mol. The van der Waals surface area contributed by atoms with Gasteiger partial charge in [-0.15, -0.1) is 0 Å². The molecular weight excluding hydrogens is 364 g/mol. The minimum absolute atomic E-state index is 0.592. The summed E-state index contributed by atoms with van der Waals surface area (Å²) in [5, 5.41) is 4.77. The molecule has 1 aliphatic rings. The number of methoxy groups -OCH3 is 1. The monoisotopic (exact) mass is 384 g/mol. The molecule has 0 N–H and O–H groups in total. The predicted molar refractivity (Wildman–Crippen MR) is 105 cm³/mol. The number of anilines is 1. The summed E-state index contributed by atoms with van der Waals surface area (Å²) in [4.78, 5) is 9.19. The van der Waals surface area contributed by atoms with Gasteiger partial charge in [-0.3, -0.25) is 4.90 Å². The van der Waals surface area contributed by atoms with Gasteiger partial charge in [-0.05, 0) is 36.4 Å². The van der Waals surface area contributed by atoms with Gasteiger partial charge in [0, 0.05) is 36.8 Å². The zero-order valence-electron chi connectivity index (χ0n) is 15.1. The van der Waals surface area contributed by atoms with Crippen LogP contribution < -0.4 is 9.64 Å². The molecule has 4 rings (SSSR count). The normalized spacial score (nSPS) is 15.1. The van der Waals surface area contributed by atoms with Gasteiger partial charge in [-0.2, -0.15) is 4.98 Å². The number of nitrogens with zero attached hydrogens (tertiary/aromatic N) is 4. The molecule has 1 aliphatic heterocycles. The van der Waals surface area contributed by atoms with Crippen molar-refractivity contribution in [3.63, 3.8) is 0 Å². The summed E-state index contributed by atoms with van der Waals surface area (Å²) in [5.41, 5.74) is 2.04. The molecule has 1 fully saturated rings. The Kier molecular flexibility index (Phi) is 5.27. The predicted octanol–water partition coefficient (Wildman–Crippen LogP) is 3.72. The highest BCUT2D eigenvalue weighted by Gasteiger charge is 2.21. The number of halogens is 1. The van der Waals surface area contributed by atoms with Crippen LogP contribution in [-0.4, -0.2) is 48.3 Å². The number of aromatic nitrogens is 2. The van der Waals surface area contributed by atoms with E-state index < -0.39 is 0 Å². The zero-order valence-corrected chi connectivity index (χ0v) is 15.9. The summed E-state index contributed by atoms with van der Waals surface area (Å²) in [6, 6.07) is 15.6. The molecule has 0 amide bonds. The Hall–Kier alpha value is -2.57. The van der Waals surface area contributed by atoms with E-state index in [4.69, 9.17) is 20.9 Å². The second-order valence-electron chi connectivity index (χ2n) is 6.45. The van der Waals surface area contributed by atoms with Crippen LogP contribution in [0.25, 0.3) is 11.4 Å². The lowest BCUT2D eigenvalue weighted by atomic mass is 10.2. The fraction of sp³-hybridized carbons (Fsp3) is 0.300. The maximum absolute atomic E-state index is 5.93. The maximum atomic E-state index is 5.93. The summed E-state index contributed by atoms with van der Waals surface area (Å²) < 4.78 is 10.9. The lowest BCUT2D eigenvalue weighted by Crippen LogP contribution is -2.46. The van der Waals surface area contributed by atoms with E-state index in [1.54, 1.807) is 7.11 Å². The third-order valence-electron chi connectivity index (χ3n) is 4.73. The van der Waals surface area contributed by atoms with E-state index in [1.807, 2.05) is 42.5 Å². The fourth-order valence-corrected chi connectivity index (χ4v) is 3.39. The molecular formula is C20H21ClN4O2.